The van der Waals surface area contributed by atoms with Gasteiger partial charge in [-0.2, -0.15) is 0 Å². The van der Waals surface area contributed by atoms with Gasteiger partial charge < -0.3 is 23.7 Å². The zero-order valence-electron chi connectivity index (χ0n) is 20.4. The van der Waals surface area contributed by atoms with Crippen LogP contribution in [0.15, 0.2) is 36.4 Å². The van der Waals surface area contributed by atoms with Crippen molar-refractivity contribution >= 4 is 18.5 Å². The maximum Gasteiger partial charge on any atom is 0.497 e. The van der Waals surface area contributed by atoms with Crippen molar-refractivity contribution in [3.63, 3.8) is 0 Å². The molecule has 0 spiro atoms. The van der Waals surface area contributed by atoms with Gasteiger partial charge in [-0.1, -0.05) is 18.2 Å². The minimum absolute atomic E-state index is 0.0558. The Kier molecular flexibility index (Phi) is 6.25. The molecule has 2 heterocycles. The monoisotopic (exact) mass is 473 g/mol. The fraction of sp³-hybridized carbons (Fsp3) is 0.480. The van der Waals surface area contributed by atoms with Crippen LogP contribution in [0.4, 0.5) is 8.78 Å². The van der Waals surface area contributed by atoms with Gasteiger partial charge in [-0.05, 0) is 52.3 Å². The van der Waals surface area contributed by atoms with Gasteiger partial charge in [0.05, 0.1) is 30.5 Å². The fourth-order valence-corrected chi connectivity index (χ4v) is 4.30. The third-order valence-electron chi connectivity index (χ3n) is 7.18. The lowest BCUT2D eigenvalue weighted by atomic mass is 9.75. The Labute approximate surface area is 199 Å². The Morgan fingerprint density at radius 2 is 1.62 bits per heavy atom. The maximum absolute atomic E-state index is 15.3. The van der Waals surface area contributed by atoms with Crippen molar-refractivity contribution in [3.8, 4) is 5.75 Å². The van der Waals surface area contributed by atoms with E-state index in [1.54, 1.807) is 31.1 Å². The second-order valence-corrected chi connectivity index (χ2v) is 10.0. The SMILES string of the molecule is COc1ccc(CN2C(=O)COCC2(C)c2cc(B3OC(C)(C)C(C)(C)O3)c(F)cc2F)cc1. The number of hydrogen-bond donors (Lipinski definition) is 0. The van der Waals surface area contributed by atoms with Crippen molar-refractivity contribution in [2.45, 2.75) is 57.9 Å². The minimum Gasteiger partial charge on any atom is -0.497 e. The summed E-state index contributed by atoms with van der Waals surface area (Å²) in [6.45, 7) is 9.34. The van der Waals surface area contributed by atoms with Gasteiger partial charge in [0.25, 0.3) is 0 Å². The van der Waals surface area contributed by atoms with E-state index in [0.717, 1.165) is 11.6 Å². The molecule has 2 fully saturated rings. The first kappa shape index (κ1) is 24.6. The van der Waals surface area contributed by atoms with Gasteiger partial charge in [0, 0.05) is 23.6 Å². The van der Waals surface area contributed by atoms with Crippen molar-refractivity contribution in [2.75, 3.05) is 20.3 Å². The number of ether oxygens (including phenoxy) is 2. The van der Waals surface area contributed by atoms with Gasteiger partial charge in [-0.3, -0.25) is 4.79 Å². The molecule has 0 aliphatic carbocycles. The molecule has 4 rings (SSSR count). The zero-order chi connectivity index (χ0) is 24.9. The lowest BCUT2D eigenvalue weighted by Crippen LogP contribution is -2.56. The van der Waals surface area contributed by atoms with Crippen molar-refractivity contribution in [3.05, 3.63) is 59.2 Å². The summed E-state index contributed by atoms with van der Waals surface area (Å²) < 4.78 is 52.9. The number of rotatable bonds is 5. The van der Waals surface area contributed by atoms with Gasteiger partial charge in [-0.15, -0.1) is 0 Å². The van der Waals surface area contributed by atoms with Crippen LogP contribution < -0.4 is 10.2 Å². The van der Waals surface area contributed by atoms with Gasteiger partial charge in [0.1, 0.15) is 24.0 Å². The first-order valence-corrected chi connectivity index (χ1v) is 11.2. The van der Waals surface area contributed by atoms with Crippen LogP contribution >= 0.6 is 0 Å². The third kappa shape index (κ3) is 4.21. The molecular weight excluding hydrogens is 443 g/mol. The van der Waals surface area contributed by atoms with E-state index in [-0.39, 0.29) is 36.7 Å². The van der Waals surface area contributed by atoms with Crippen molar-refractivity contribution < 1.29 is 32.4 Å². The fourth-order valence-electron chi connectivity index (χ4n) is 4.30. The van der Waals surface area contributed by atoms with E-state index in [9.17, 15) is 9.18 Å². The van der Waals surface area contributed by atoms with Gasteiger partial charge in [-0.25, -0.2) is 8.78 Å². The Bertz CT molecular complexity index is 1080. The first-order chi connectivity index (χ1) is 15.9. The molecule has 2 aliphatic rings. The van der Waals surface area contributed by atoms with Crippen LogP contribution in [-0.2, 0) is 30.9 Å². The lowest BCUT2D eigenvalue weighted by Gasteiger charge is -2.45. The predicted octanol–water partition coefficient (Wildman–Crippen LogP) is 3.55. The molecule has 2 aromatic rings. The molecule has 9 heteroatoms. The second kappa shape index (κ2) is 8.63. The highest BCUT2D eigenvalue weighted by Gasteiger charge is 2.53. The summed E-state index contributed by atoms with van der Waals surface area (Å²) in [5.41, 5.74) is -1.49. The zero-order valence-corrected chi connectivity index (χ0v) is 20.4. The van der Waals surface area contributed by atoms with Crippen molar-refractivity contribution in [2.24, 2.45) is 0 Å². The number of methoxy groups -OCH3 is 1. The molecule has 182 valence electrons. The maximum atomic E-state index is 15.3. The molecule has 2 aromatic carbocycles. The van der Waals surface area contributed by atoms with Crippen LogP contribution in [0, 0.1) is 11.6 Å². The normalized spacial score (nSPS) is 23.9. The molecule has 1 unspecified atom stereocenters. The third-order valence-corrected chi connectivity index (χ3v) is 7.18. The van der Waals surface area contributed by atoms with E-state index < -0.39 is 35.5 Å². The molecule has 1 amide bonds. The van der Waals surface area contributed by atoms with Gasteiger partial charge in [0.15, 0.2) is 0 Å². The minimum atomic E-state index is -1.18. The van der Waals surface area contributed by atoms with Crippen molar-refractivity contribution in [1.29, 1.82) is 0 Å². The van der Waals surface area contributed by atoms with Gasteiger partial charge >= 0.3 is 7.12 Å². The quantitative estimate of drug-likeness (QED) is 0.622. The molecule has 2 aliphatic heterocycles. The molecule has 0 bridgehead atoms. The number of hydrogen-bond acceptors (Lipinski definition) is 5. The number of nitrogens with zero attached hydrogens (tertiary/aromatic N) is 1. The number of carbonyl (C=O) groups is 1. The molecule has 1 atom stereocenters. The molecule has 34 heavy (non-hydrogen) atoms. The summed E-state index contributed by atoms with van der Waals surface area (Å²) in [5, 5.41) is 0. The summed E-state index contributed by atoms with van der Waals surface area (Å²) in [4.78, 5) is 14.5. The molecule has 0 aromatic heterocycles. The molecule has 0 N–H and O–H groups in total. The van der Waals surface area contributed by atoms with Crippen LogP contribution in [0.5, 0.6) is 5.75 Å². The summed E-state index contributed by atoms with van der Waals surface area (Å²) in [6, 6.07) is 9.51. The molecule has 2 saturated heterocycles. The highest BCUT2D eigenvalue weighted by molar-refractivity contribution is 6.62. The van der Waals surface area contributed by atoms with Crippen LogP contribution in [0.25, 0.3) is 0 Å². The number of amides is 1. The highest BCUT2D eigenvalue weighted by atomic mass is 19.1. The summed E-state index contributed by atoms with van der Waals surface area (Å²) in [5.74, 6) is -1.13. The lowest BCUT2D eigenvalue weighted by molar-refractivity contribution is -0.159. The summed E-state index contributed by atoms with van der Waals surface area (Å²) >= 11 is 0. The van der Waals surface area contributed by atoms with Crippen LogP contribution in [-0.4, -0.2) is 49.5 Å². The molecule has 0 radical (unpaired) electrons. The smallest absolute Gasteiger partial charge is 0.497 e. The standard InChI is InChI=1S/C25H30BF2NO5/c1-23(2)24(3,4)34-26(33-23)19-11-18(20(27)12-21(19)28)25(5)15-32-14-22(30)29(25)13-16-7-9-17(31-6)10-8-16/h7-12H,13-15H2,1-6H3. The number of halogens is 2. The van der Waals surface area contributed by atoms with E-state index >= 15 is 4.39 Å². The topological polar surface area (TPSA) is 57.2 Å². The van der Waals surface area contributed by atoms with Crippen molar-refractivity contribution in [1.82, 2.24) is 4.90 Å². The summed E-state index contributed by atoms with van der Waals surface area (Å²) in [7, 11) is 0.565. The summed E-state index contributed by atoms with van der Waals surface area (Å²) in [6.07, 6.45) is 0. The number of carbonyl (C=O) groups excluding carboxylic acids is 1. The van der Waals surface area contributed by atoms with E-state index in [4.69, 9.17) is 18.8 Å². The molecule has 6 nitrogen and oxygen atoms in total. The van der Waals surface area contributed by atoms with E-state index in [0.29, 0.717) is 5.75 Å². The average molecular weight is 473 g/mol. The van der Waals surface area contributed by atoms with E-state index in [1.807, 2.05) is 39.8 Å². The van der Waals surface area contributed by atoms with E-state index in [2.05, 4.69) is 0 Å². The van der Waals surface area contributed by atoms with Crippen LogP contribution in [0.2, 0.25) is 0 Å². The number of morpholine rings is 1. The predicted molar refractivity (Wildman–Crippen MR) is 124 cm³/mol. The Morgan fingerprint density at radius 1 is 1.00 bits per heavy atom. The second-order valence-electron chi connectivity index (χ2n) is 10.0. The van der Waals surface area contributed by atoms with Crippen LogP contribution in [0.1, 0.15) is 45.7 Å². The largest absolute Gasteiger partial charge is 0.497 e. The van der Waals surface area contributed by atoms with E-state index in [1.165, 1.54) is 6.07 Å². The number of benzene rings is 2. The average Bonchev–Trinajstić information content (AvgIpc) is 2.98. The highest BCUT2D eigenvalue weighted by Crippen LogP contribution is 2.38. The van der Waals surface area contributed by atoms with Gasteiger partial charge in [0.2, 0.25) is 5.91 Å². The molecule has 0 saturated carbocycles. The Balaban J connectivity index is 1.73. The van der Waals surface area contributed by atoms with Crippen LogP contribution in [0.3, 0.4) is 0 Å². The first-order valence-electron chi connectivity index (χ1n) is 11.2. The molecular formula is C25H30BF2NO5. The Hall–Kier alpha value is -2.49. The Morgan fingerprint density at radius 3 is 2.21 bits per heavy atom.